The maximum absolute atomic E-state index is 12.9. The Balaban J connectivity index is 2.00. The highest BCUT2D eigenvalue weighted by Crippen LogP contribution is 2.24. The minimum absolute atomic E-state index is 0.164. The molecule has 0 saturated heterocycles. The molecule has 3 aromatic rings. The normalized spacial score (nSPS) is 11.6. The Morgan fingerprint density at radius 3 is 2.88 bits per heavy atom. The van der Waals surface area contributed by atoms with E-state index in [0.717, 1.165) is 11.0 Å². The van der Waals surface area contributed by atoms with Crippen molar-refractivity contribution in [2.45, 2.75) is 37.3 Å². The molecule has 0 bridgehead atoms. The van der Waals surface area contributed by atoms with Crippen LogP contribution in [0.4, 0.5) is 8.78 Å². The lowest BCUT2D eigenvalue weighted by molar-refractivity contribution is 0.0678. The predicted octanol–water partition coefficient (Wildman–Crippen LogP) is 4.34. The maximum Gasteiger partial charge on any atom is 0.319 e. The van der Waals surface area contributed by atoms with Gasteiger partial charge in [0.15, 0.2) is 5.16 Å². The summed E-state index contributed by atoms with van der Waals surface area (Å²) in [6, 6.07) is 4.92. The highest BCUT2D eigenvalue weighted by molar-refractivity contribution is 7.98. The third-order valence-corrected chi connectivity index (χ3v) is 4.83. The van der Waals surface area contributed by atoms with E-state index < -0.39 is 6.55 Å². The van der Waals surface area contributed by atoms with Crippen molar-refractivity contribution >= 4 is 34.3 Å². The minimum atomic E-state index is -2.65. The van der Waals surface area contributed by atoms with Crippen LogP contribution in [0.15, 0.2) is 40.5 Å². The van der Waals surface area contributed by atoms with Gasteiger partial charge in [-0.1, -0.05) is 30.3 Å². The molecule has 0 spiro atoms. The molecule has 0 fully saturated rings. The first-order valence-electron chi connectivity index (χ1n) is 7.64. The lowest BCUT2D eigenvalue weighted by Gasteiger charge is -2.12. The average Bonchev–Trinajstić information content (AvgIpc) is 3.04. The molecule has 2 heterocycles. The van der Waals surface area contributed by atoms with Crippen molar-refractivity contribution in [1.82, 2.24) is 19.1 Å². The maximum atomic E-state index is 12.9. The van der Waals surface area contributed by atoms with E-state index in [0.29, 0.717) is 27.6 Å². The van der Waals surface area contributed by atoms with Gasteiger partial charge < -0.3 is 0 Å². The van der Waals surface area contributed by atoms with Gasteiger partial charge >= 0.3 is 6.55 Å². The van der Waals surface area contributed by atoms with E-state index in [9.17, 15) is 13.6 Å². The first kappa shape index (κ1) is 17.9. The van der Waals surface area contributed by atoms with Gasteiger partial charge in [0.2, 0.25) is 0 Å². The molecule has 132 valence electrons. The van der Waals surface area contributed by atoms with Gasteiger partial charge in [-0.25, -0.2) is 9.97 Å². The summed E-state index contributed by atoms with van der Waals surface area (Å²) in [7, 11) is 0. The number of imidazole rings is 1. The van der Waals surface area contributed by atoms with Crippen LogP contribution in [0.25, 0.3) is 10.9 Å². The number of hydrogen-bond donors (Lipinski definition) is 0. The van der Waals surface area contributed by atoms with Crippen LogP contribution in [0, 0.1) is 0 Å². The zero-order chi connectivity index (χ0) is 18.0. The third kappa shape index (κ3) is 3.69. The highest BCUT2D eigenvalue weighted by atomic mass is 35.5. The van der Waals surface area contributed by atoms with E-state index in [-0.39, 0.29) is 17.1 Å². The van der Waals surface area contributed by atoms with Crippen LogP contribution in [0.1, 0.15) is 25.7 Å². The van der Waals surface area contributed by atoms with Crippen LogP contribution >= 0.6 is 23.4 Å². The Morgan fingerprint density at radius 2 is 2.16 bits per heavy atom. The van der Waals surface area contributed by atoms with Crippen molar-refractivity contribution in [3.8, 4) is 0 Å². The SMILES string of the molecule is CCCn1c(SCc2nccn2C(F)F)nc2cc(Cl)ccc2c1=O. The molecular weight excluding hydrogens is 370 g/mol. The number of halogens is 3. The van der Waals surface area contributed by atoms with Gasteiger partial charge in [0.25, 0.3) is 5.56 Å². The molecule has 0 atom stereocenters. The quantitative estimate of drug-likeness (QED) is 0.468. The van der Waals surface area contributed by atoms with E-state index in [2.05, 4.69) is 9.97 Å². The number of aromatic nitrogens is 4. The fourth-order valence-electron chi connectivity index (χ4n) is 2.47. The van der Waals surface area contributed by atoms with Crippen LogP contribution in [0.3, 0.4) is 0 Å². The standard InChI is InChI=1S/C16H15ClF2N4OS/c1-2-6-23-14(24)11-4-3-10(17)8-12(11)21-16(23)25-9-13-20-5-7-22(13)15(18)19/h3-5,7-8,15H,2,6,9H2,1H3. The van der Waals surface area contributed by atoms with Crippen LogP contribution < -0.4 is 5.56 Å². The number of hydrogen-bond acceptors (Lipinski definition) is 4. The van der Waals surface area contributed by atoms with Gasteiger partial charge in [-0.2, -0.15) is 8.78 Å². The van der Waals surface area contributed by atoms with Gasteiger partial charge in [0.1, 0.15) is 5.82 Å². The number of nitrogens with zero attached hydrogens (tertiary/aromatic N) is 4. The molecule has 9 heteroatoms. The van der Waals surface area contributed by atoms with Crippen LogP contribution in [-0.4, -0.2) is 19.1 Å². The summed E-state index contributed by atoms with van der Waals surface area (Å²) < 4.78 is 28.2. The molecule has 0 radical (unpaired) electrons. The molecule has 3 rings (SSSR count). The van der Waals surface area contributed by atoms with E-state index in [1.807, 2.05) is 6.92 Å². The Bertz CT molecular complexity index is 957. The molecule has 1 aromatic carbocycles. The summed E-state index contributed by atoms with van der Waals surface area (Å²) in [6.45, 7) is -0.203. The Morgan fingerprint density at radius 1 is 1.36 bits per heavy atom. The average molecular weight is 385 g/mol. The number of alkyl halides is 2. The fourth-order valence-corrected chi connectivity index (χ4v) is 3.61. The first-order valence-corrected chi connectivity index (χ1v) is 9.00. The molecule has 0 aliphatic heterocycles. The van der Waals surface area contributed by atoms with Crippen molar-refractivity contribution in [1.29, 1.82) is 0 Å². The predicted molar refractivity (Wildman–Crippen MR) is 94.3 cm³/mol. The van der Waals surface area contributed by atoms with Gasteiger partial charge in [-0.05, 0) is 24.6 Å². The second kappa shape index (κ2) is 7.53. The van der Waals surface area contributed by atoms with E-state index in [4.69, 9.17) is 11.6 Å². The fraction of sp³-hybridized carbons (Fsp3) is 0.312. The largest absolute Gasteiger partial charge is 0.319 e. The number of rotatable bonds is 6. The van der Waals surface area contributed by atoms with Crippen LogP contribution in [-0.2, 0) is 12.3 Å². The molecule has 0 aliphatic carbocycles. The lowest BCUT2D eigenvalue weighted by atomic mass is 10.2. The Kier molecular flexibility index (Phi) is 5.39. The summed E-state index contributed by atoms with van der Waals surface area (Å²) in [6.07, 6.45) is 3.31. The van der Waals surface area contributed by atoms with E-state index >= 15 is 0 Å². The van der Waals surface area contributed by atoms with Gasteiger partial charge in [-0.15, -0.1) is 0 Å². The number of thioether (sulfide) groups is 1. The van der Waals surface area contributed by atoms with Gasteiger partial charge in [-0.3, -0.25) is 13.9 Å². The third-order valence-electron chi connectivity index (χ3n) is 3.62. The Labute approximate surface area is 151 Å². The molecule has 0 saturated carbocycles. The molecule has 0 aliphatic rings. The van der Waals surface area contributed by atoms with E-state index in [1.165, 1.54) is 24.2 Å². The smallest absolute Gasteiger partial charge is 0.287 e. The van der Waals surface area contributed by atoms with Crippen molar-refractivity contribution in [3.05, 3.63) is 51.8 Å². The molecular formula is C16H15ClF2N4OS. The zero-order valence-corrected chi connectivity index (χ0v) is 14.9. The van der Waals surface area contributed by atoms with Crippen LogP contribution in [0.2, 0.25) is 5.02 Å². The molecule has 0 unspecified atom stereocenters. The molecule has 5 nitrogen and oxygen atoms in total. The van der Waals surface area contributed by atoms with Crippen molar-refractivity contribution < 1.29 is 8.78 Å². The summed E-state index contributed by atoms with van der Waals surface area (Å²) in [5.74, 6) is 0.406. The molecule has 0 amide bonds. The van der Waals surface area contributed by atoms with Gasteiger partial charge in [0, 0.05) is 24.0 Å². The topological polar surface area (TPSA) is 52.7 Å². The number of fused-ring (bicyclic) bond motifs is 1. The monoisotopic (exact) mass is 384 g/mol. The van der Waals surface area contributed by atoms with Crippen molar-refractivity contribution in [3.63, 3.8) is 0 Å². The second-order valence-corrected chi connectivity index (χ2v) is 6.71. The van der Waals surface area contributed by atoms with Gasteiger partial charge in [0.05, 0.1) is 16.7 Å². The zero-order valence-electron chi connectivity index (χ0n) is 13.3. The molecule has 2 aromatic heterocycles. The molecule has 25 heavy (non-hydrogen) atoms. The summed E-state index contributed by atoms with van der Waals surface area (Å²) in [5, 5.41) is 1.43. The van der Waals surface area contributed by atoms with E-state index in [1.54, 1.807) is 22.8 Å². The summed E-state index contributed by atoms with van der Waals surface area (Å²) in [5.41, 5.74) is 0.327. The first-order chi connectivity index (χ1) is 12.0. The summed E-state index contributed by atoms with van der Waals surface area (Å²) >= 11 is 7.19. The Hall–Kier alpha value is -1.93. The van der Waals surface area contributed by atoms with Crippen molar-refractivity contribution in [2.75, 3.05) is 0 Å². The minimum Gasteiger partial charge on any atom is -0.287 e. The highest BCUT2D eigenvalue weighted by Gasteiger charge is 2.15. The second-order valence-electron chi connectivity index (χ2n) is 5.33. The van der Waals surface area contributed by atoms with Crippen molar-refractivity contribution in [2.24, 2.45) is 0 Å². The lowest BCUT2D eigenvalue weighted by Crippen LogP contribution is -2.23. The van der Waals surface area contributed by atoms with Crippen LogP contribution in [0.5, 0.6) is 0 Å². The number of benzene rings is 1. The summed E-state index contributed by atoms with van der Waals surface area (Å²) in [4.78, 5) is 21.2. The molecule has 0 N–H and O–H groups in total.